The lowest BCUT2D eigenvalue weighted by molar-refractivity contribution is 0.00183. The molecular weight excluding hydrogens is 286 g/mol. The Hall–Kier alpha value is -1.65. The summed E-state index contributed by atoms with van der Waals surface area (Å²) in [4.78, 5) is 6.83. The molecule has 3 heterocycles. The lowest BCUT2D eigenvalue weighted by Gasteiger charge is -2.29. The number of rotatable bonds is 4. The summed E-state index contributed by atoms with van der Waals surface area (Å²) in [7, 11) is 0. The minimum atomic E-state index is 0.240. The summed E-state index contributed by atoms with van der Waals surface area (Å²) in [5.74, 6) is 0. The molecule has 0 saturated heterocycles. The molecule has 0 radical (unpaired) electrons. The van der Waals surface area contributed by atoms with E-state index in [1.165, 1.54) is 31.4 Å². The molecule has 23 heavy (non-hydrogen) atoms. The van der Waals surface area contributed by atoms with Crippen LogP contribution in [0.1, 0.15) is 36.9 Å². The van der Waals surface area contributed by atoms with Crippen LogP contribution in [0.3, 0.4) is 0 Å². The molecular formula is C19H25N3O. The zero-order valence-electron chi connectivity index (χ0n) is 13.6. The Kier molecular flexibility index (Phi) is 4.44. The average Bonchev–Trinajstić information content (AvgIpc) is 3.23. The van der Waals surface area contributed by atoms with E-state index in [1.807, 2.05) is 18.5 Å². The van der Waals surface area contributed by atoms with Crippen molar-refractivity contribution in [3.05, 3.63) is 54.1 Å². The van der Waals surface area contributed by atoms with Crippen LogP contribution in [0.15, 0.2) is 42.9 Å². The van der Waals surface area contributed by atoms with Crippen molar-refractivity contribution in [3.8, 4) is 0 Å². The third-order valence-electron chi connectivity index (χ3n) is 5.18. The van der Waals surface area contributed by atoms with Gasteiger partial charge < -0.3 is 9.30 Å². The molecule has 4 rings (SSSR count). The van der Waals surface area contributed by atoms with E-state index in [0.29, 0.717) is 6.61 Å². The Bertz CT molecular complexity index is 619. The lowest BCUT2D eigenvalue weighted by Crippen LogP contribution is -2.38. The van der Waals surface area contributed by atoms with Crippen LogP contribution in [0.5, 0.6) is 0 Å². The first-order valence-corrected chi connectivity index (χ1v) is 8.77. The lowest BCUT2D eigenvalue weighted by atomic mass is 10.2. The highest BCUT2D eigenvalue weighted by Crippen LogP contribution is 2.27. The van der Waals surface area contributed by atoms with Crippen LogP contribution in [0.4, 0.5) is 0 Å². The van der Waals surface area contributed by atoms with Gasteiger partial charge in [-0.3, -0.25) is 9.88 Å². The molecule has 2 aromatic heterocycles. The van der Waals surface area contributed by atoms with Crippen molar-refractivity contribution in [2.45, 2.75) is 57.5 Å². The SMILES string of the molecule is c1cncc(COC2CN(C3CCCC3)Cc3cccn3C2)c1. The molecule has 122 valence electrons. The first-order chi connectivity index (χ1) is 11.4. The second-order valence-electron chi connectivity index (χ2n) is 6.81. The summed E-state index contributed by atoms with van der Waals surface area (Å²) in [5, 5.41) is 0. The van der Waals surface area contributed by atoms with Crippen molar-refractivity contribution in [1.82, 2.24) is 14.5 Å². The largest absolute Gasteiger partial charge is 0.370 e. The van der Waals surface area contributed by atoms with Gasteiger partial charge in [-0.1, -0.05) is 18.9 Å². The number of fused-ring (bicyclic) bond motifs is 1. The van der Waals surface area contributed by atoms with Gasteiger partial charge in [-0.25, -0.2) is 0 Å². The molecule has 0 amide bonds. The molecule has 1 aliphatic carbocycles. The fourth-order valence-corrected chi connectivity index (χ4v) is 3.93. The molecule has 2 aromatic rings. The third kappa shape index (κ3) is 3.48. The number of hydrogen-bond donors (Lipinski definition) is 0. The van der Waals surface area contributed by atoms with Crippen molar-refractivity contribution in [2.24, 2.45) is 0 Å². The molecule has 4 nitrogen and oxygen atoms in total. The standard InChI is InChI=1S/C19H25N3O/c1-2-7-17(6-1)22-12-18-8-4-10-21(18)13-19(14-22)23-15-16-5-3-9-20-11-16/h3-5,8-11,17,19H,1-2,6-7,12-15H2. The fraction of sp³-hybridized carbons (Fsp3) is 0.526. The van der Waals surface area contributed by atoms with E-state index in [2.05, 4.69) is 38.8 Å². The van der Waals surface area contributed by atoms with E-state index in [9.17, 15) is 0 Å². The molecule has 0 bridgehead atoms. The van der Waals surface area contributed by atoms with Gasteiger partial charge in [0.15, 0.2) is 0 Å². The summed E-state index contributed by atoms with van der Waals surface area (Å²) < 4.78 is 8.63. The summed E-state index contributed by atoms with van der Waals surface area (Å²) in [6.07, 6.45) is 11.6. The van der Waals surface area contributed by atoms with E-state index >= 15 is 0 Å². The molecule has 1 saturated carbocycles. The van der Waals surface area contributed by atoms with E-state index in [4.69, 9.17) is 4.74 Å². The van der Waals surface area contributed by atoms with Gasteiger partial charge in [0.1, 0.15) is 0 Å². The van der Waals surface area contributed by atoms with Gasteiger partial charge in [0, 0.05) is 50.0 Å². The quantitative estimate of drug-likeness (QED) is 0.868. The smallest absolute Gasteiger partial charge is 0.0885 e. The Morgan fingerprint density at radius 1 is 1.13 bits per heavy atom. The number of hydrogen-bond acceptors (Lipinski definition) is 3. The Morgan fingerprint density at radius 2 is 2.04 bits per heavy atom. The summed E-state index contributed by atoms with van der Waals surface area (Å²) in [5.41, 5.74) is 2.57. The zero-order chi connectivity index (χ0) is 15.5. The van der Waals surface area contributed by atoms with Crippen LogP contribution in [-0.4, -0.2) is 33.1 Å². The maximum atomic E-state index is 6.26. The second kappa shape index (κ2) is 6.85. The van der Waals surface area contributed by atoms with Gasteiger partial charge in [0.2, 0.25) is 0 Å². The molecule has 1 fully saturated rings. The van der Waals surface area contributed by atoms with E-state index in [0.717, 1.165) is 31.2 Å². The maximum Gasteiger partial charge on any atom is 0.0885 e. The zero-order valence-corrected chi connectivity index (χ0v) is 13.6. The number of pyridine rings is 1. The highest BCUT2D eigenvalue weighted by Gasteiger charge is 2.28. The topological polar surface area (TPSA) is 30.3 Å². The van der Waals surface area contributed by atoms with Crippen LogP contribution in [0.2, 0.25) is 0 Å². The molecule has 2 aliphatic rings. The third-order valence-corrected chi connectivity index (χ3v) is 5.18. The first-order valence-electron chi connectivity index (χ1n) is 8.77. The van der Waals surface area contributed by atoms with Gasteiger partial charge in [-0.05, 0) is 36.6 Å². The van der Waals surface area contributed by atoms with Crippen molar-refractivity contribution in [3.63, 3.8) is 0 Å². The highest BCUT2D eigenvalue weighted by atomic mass is 16.5. The van der Waals surface area contributed by atoms with Crippen molar-refractivity contribution >= 4 is 0 Å². The van der Waals surface area contributed by atoms with E-state index in [1.54, 1.807) is 0 Å². The van der Waals surface area contributed by atoms with Crippen molar-refractivity contribution < 1.29 is 4.74 Å². The maximum absolute atomic E-state index is 6.26. The van der Waals surface area contributed by atoms with Crippen LogP contribution in [0, 0.1) is 0 Å². The molecule has 1 aliphatic heterocycles. The van der Waals surface area contributed by atoms with Crippen molar-refractivity contribution in [2.75, 3.05) is 6.54 Å². The summed E-state index contributed by atoms with van der Waals surface area (Å²) in [6, 6.07) is 9.21. The molecule has 0 aromatic carbocycles. The summed E-state index contributed by atoms with van der Waals surface area (Å²) in [6.45, 7) is 3.69. The highest BCUT2D eigenvalue weighted by molar-refractivity contribution is 5.10. The van der Waals surface area contributed by atoms with Gasteiger partial charge >= 0.3 is 0 Å². The Labute approximate surface area is 138 Å². The van der Waals surface area contributed by atoms with Gasteiger partial charge in [0.05, 0.1) is 12.7 Å². The first kappa shape index (κ1) is 14.9. The molecule has 1 atom stereocenters. The van der Waals surface area contributed by atoms with Gasteiger partial charge in [-0.15, -0.1) is 0 Å². The minimum absolute atomic E-state index is 0.240. The average molecular weight is 311 g/mol. The van der Waals surface area contributed by atoms with Crippen LogP contribution in [0.25, 0.3) is 0 Å². The molecule has 0 spiro atoms. The van der Waals surface area contributed by atoms with Crippen LogP contribution in [-0.2, 0) is 24.4 Å². The Morgan fingerprint density at radius 3 is 2.87 bits per heavy atom. The summed E-state index contributed by atoms with van der Waals surface area (Å²) >= 11 is 0. The van der Waals surface area contributed by atoms with Crippen molar-refractivity contribution in [1.29, 1.82) is 0 Å². The number of ether oxygens (including phenoxy) is 1. The Balaban J connectivity index is 1.47. The fourth-order valence-electron chi connectivity index (χ4n) is 3.93. The predicted molar refractivity (Wildman–Crippen MR) is 89.9 cm³/mol. The van der Waals surface area contributed by atoms with E-state index < -0.39 is 0 Å². The molecule has 1 unspecified atom stereocenters. The molecule has 0 N–H and O–H groups in total. The van der Waals surface area contributed by atoms with E-state index in [-0.39, 0.29) is 6.10 Å². The van der Waals surface area contributed by atoms with Crippen LogP contribution < -0.4 is 0 Å². The molecule has 4 heteroatoms. The van der Waals surface area contributed by atoms with Gasteiger partial charge in [-0.2, -0.15) is 0 Å². The normalized spacial score (nSPS) is 22.9. The number of nitrogens with zero attached hydrogens (tertiary/aromatic N) is 3. The predicted octanol–water partition coefficient (Wildman–Crippen LogP) is 3.23. The second-order valence-corrected chi connectivity index (χ2v) is 6.81. The van der Waals surface area contributed by atoms with Crippen LogP contribution >= 0.6 is 0 Å². The number of aromatic nitrogens is 2. The minimum Gasteiger partial charge on any atom is -0.370 e. The monoisotopic (exact) mass is 311 g/mol. The van der Waals surface area contributed by atoms with Gasteiger partial charge in [0.25, 0.3) is 0 Å².